The molecule has 2 fully saturated rings. The normalized spacial score (nSPS) is 21.4. The van der Waals surface area contributed by atoms with Crippen molar-refractivity contribution < 1.29 is 34.1 Å². The van der Waals surface area contributed by atoms with Crippen LogP contribution in [0.5, 0.6) is 11.5 Å². The first-order valence-electron chi connectivity index (χ1n) is 10.6. The van der Waals surface area contributed by atoms with E-state index in [1.165, 1.54) is 25.7 Å². The van der Waals surface area contributed by atoms with Crippen molar-refractivity contribution in [3.8, 4) is 11.5 Å². The number of nitrogens with zero attached hydrogens (tertiary/aromatic N) is 2. The predicted octanol–water partition coefficient (Wildman–Crippen LogP) is 1.95. The number of carboxylic acids is 2. The Morgan fingerprint density at radius 2 is 1.48 bits per heavy atom. The largest absolute Gasteiger partial charge is 0.497 e. The van der Waals surface area contributed by atoms with Crippen molar-refractivity contribution in [2.24, 2.45) is 5.92 Å². The molecule has 0 spiro atoms. The summed E-state index contributed by atoms with van der Waals surface area (Å²) in [6, 6.07) is 8.04. The summed E-state index contributed by atoms with van der Waals surface area (Å²) >= 11 is 0. The monoisotopic (exact) mass is 436 g/mol. The lowest BCUT2D eigenvalue weighted by atomic mass is 9.84. The van der Waals surface area contributed by atoms with E-state index in [2.05, 4.69) is 11.8 Å². The van der Waals surface area contributed by atoms with Gasteiger partial charge in [0.05, 0.1) is 7.11 Å². The zero-order chi connectivity index (χ0) is 22.8. The number of methoxy groups -OCH3 is 1. The summed E-state index contributed by atoms with van der Waals surface area (Å²) in [6.45, 7) is 6.09. The highest BCUT2D eigenvalue weighted by Crippen LogP contribution is 2.28. The number of carbonyl (C=O) groups excluding carboxylic acids is 1. The van der Waals surface area contributed by atoms with E-state index in [1.807, 2.05) is 29.2 Å². The van der Waals surface area contributed by atoms with Crippen LogP contribution in [0, 0.1) is 5.92 Å². The Morgan fingerprint density at radius 1 is 0.935 bits per heavy atom. The summed E-state index contributed by atoms with van der Waals surface area (Å²) < 4.78 is 10.7. The summed E-state index contributed by atoms with van der Waals surface area (Å²) in [6.07, 6.45) is 5.39. The van der Waals surface area contributed by atoms with E-state index in [0.29, 0.717) is 11.8 Å². The number of ether oxygens (including phenoxy) is 2. The second-order valence-electron chi connectivity index (χ2n) is 7.82. The van der Waals surface area contributed by atoms with Crippen LogP contribution in [0.3, 0.4) is 0 Å². The molecule has 1 saturated heterocycles. The van der Waals surface area contributed by atoms with E-state index in [0.717, 1.165) is 37.8 Å². The second kappa shape index (κ2) is 12.1. The van der Waals surface area contributed by atoms with Gasteiger partial charge in [-0.2, -0.15) is 0 Å². The summed E-state index contributed by atoms with van der Waals surface area (Å²) in [7, 11) is 1.63. The number of benzene rings is 1. The van der Waals surface area contributed by atoms with Crippen LogP contribution in [0.2, 0.25) is 0 Å². The van der Waals surface area contributed by atoms with Crippen LogP contribution in [0.15, 0.2) is 24.3 Å². The first kappa shape index (κ1) is 24.5. The molecular formula is C22H32N2O7. The maximum Gasteiger partial charge on any atom is 0.414 e. The first-order valence-corrected chi connectivity index (χ1v) is 10.6. The van der Waals surface area contributed by atoms with Crippen molar-refractivity contribution in [3.05, 3.63) is 24.3 Å². The molecule has 0 radical (unpaired) electrons. The smallest absolute Gasteiger partial charge is 0.414 e. The number of piperazine rings is 1. The Kier molecular flexibility index (Phi) is 9.58. The van der Waals surface area contributed by atoms with Gasteiger partial charge < -0.3 is 24.6 Å². The molecule has 1 aromatic rings. The minimum Gasteiger partial charge on any atom is -0.497 e. The van der Waals surface area contributed by atoms with Crippen LogP contribution < -0.4 is 9.47 Å². The predicted molar refractivity (Wildman–Crippen MR) is 113 cm³/mol. The topological polar surface area (TPSA) is 117 Å². The molecule has 1 amide bonds. The third kappa shape index (κ3) is 7.75. The quantitative estimate of drug-likeness (QED) is 0.673. The number of carboxylic acid groups (broad SMARTS) is 2. The van der Waals surface area contributed by atoms with Gasteiger partial charge in [0.15, 0.2) is 6.61 Å². The van der Waals surface area contributed by atoms with Gasteiger partial charge in [-0.3, -0.25) is 9.69 Å². The molecule has 31 heavy (non-hydrogen) atoms. The van der Waals surface area contributed by atoms with Gasteiger partial charge in [-0.05, 0) is 43.0 Å². The van der Waals surface area contributed by atoms with E-state index < -0.39 is 11.9 Å². The van der Waals surface area contributed by atoms with Gasteiger partial charge in [-0.1, -0.05) is 19.8 Å². The molecule has 3 rings (SSSR count). The Balaban J connectivity index is 0.000000501. The summed E-state index contributed by atoms with van der Waals surface area (Å²) in [5, 5.41) is 14.8. The minimum absolute atomic E-state index is 0.0761. The van der Waals surface area contributed by atoms with Crippen LogP contribution in [0.1, 0.15) is 32.6 Å². The third-order valence-corrected chi connectivity index (χ3v) is 5.81. The average Bonchev–Trinajstić information content (AvgIpc) is 2.78. The lowest BCUT2D eigenvalue weighted by molar-refractivity contribution is -0.159. The number of hydrogen-bond acceptors (Lipinski definition) is 6. The molecule has 1 heterocycles. The molecule has 1 aliphatic carbocycles. The average molecular weight is 437 g/mol. The highest BCUT2D eigenvalue weighted by atomic mass is 16.5. The van der Waals surface area contributed by atoms with E-state index in [-0.39, 0.29) is 12.5 Å². The highest BCUT2D eigenvalue weighted by Gasteiger charge is 2.30. The summed E-state index contributed by atoms with van der Waals surface area (Å²) in [5.41, 5.74) is 0. The van der Waals surface area contributed by atoms with Gasteiger partial charge in [0, 0.05) is 32.2 Å². The van der Waals surface area contributed by atoms with Crippen LogP contribution in [0.25, 0.3) is 0 Å². The Bertz CT molecular complexity index is 718. The first-order chi connectivity index (χ1) is 14.8. The zero-order valence-electron chi connectivity index (χ0n) is 18.2. The summed E-state index contributed by atoms with van der Waals surface area (Å²) in [4.78, 5) is 35.1. The fourth-order valence-corrected chi connectivity index (χ4v) is 4.05. The lowest BCUT2D eigenvalue weighted by Gasteiger charge is -2.43. The minimum atomic E-state index is -1.82. The Hall–Kier alpha value is -2.81. The number of hydrogen-bond donors (Lipinski definition) is 2. The number of aliphatic carboxylic acids is 2. The van der Waals surface area contributed by atoms with Crippen molar-refractivity contribution in [3.63, 3.8) is 0 Å². The summed E-state index contributed by atoms with van der Waals surface area (Å²) in [5.74, 6) is -1.30. The molecule has 2 N–H and O–H groups in total. The standard InChI is InChI=1S/C20H30N2O3.C2H2O4/c1-16-5-3-4-6-19(16)21-11-13-22(14-12-21)20(23)15-25-18-9-7-17(24-2)8-10-18;3-1(4)2(5)6/h7-10,16,19H,3-6,11-15H2,1-2H3;(H,3,4)(H,5,6). The van der Waals surface area contributed by atoms with Crippen molar-refractivity contribution in [1.29, 1.82) is 0 Å². The maximum absolute atomic E-state index is 12.4. The zero-order valence-corrected chi connectivity index (χ0v) is 18.2. The number of carbonyl (C=O) groups is 3. The molecule has 172 valence electrons. The van der Waals surface area contributed by atoms with Crippen LogP contribution >= 0.6 is 0 Å². The number of amides is 1. The molecular weight excluding hydrogens is 404 g/mol. The van der Waals surface area contributed by atoms with Crippen LogP contribution in [-0.4, -0.2) is 83.8 Å². The van der Waals surface area contributed by atoms with Crippen LogP contribution in [-0.2, 0) is 14.4 Å². The fraction of sp³-hybridized carbons (Fsp3) is 0.591. The van der Waals surface area contributed by atoms with Gasteiger partial charge in [0.1, 0.15) is 11.5 Å². The van der Waals surface area contributed by atoms with Crippen molar-refractivity contribution in [2.45, 2.75) is 38.6 Å². The van der Waals surface area contributed by atoms with Crippen molar-refractivity contribution in [2.75, 3.05) is 39.9 Å². The third-order valence-electron chi connectivity index (χ3n) is 5.81. The van der Waals surface area contributed by atoms with E-state index in [1.54, 1.807) is 7.11 Å². The molecule has 1 aromatic carbocycles. The van der Waals surface area contributed by atoms with Gasteiger partial charge in [-0.15, -0.1) is 0 Å². The molecule has 9 nitrogen and oxygen atoms in total. The van der Waals surface area contributed by atoms with Crippen LogP contribution in [0.4, 0.5) is 0 Å². The van der Waals surface area contributed by atoms with Crippen molar-refractivity contribution >= 4 is 17.8 Å². The molecule has 2 aliphatic rings. The molecule has 2 unspecified atom stereocenters. The van der Waals surface area contributed by atoms with E-state index in [9.17, 15) is 4.79 Å². The van der Waals surface area contributed by atoms with Crippen molar-refractivity contribution in [1.82, 2.24) is 9.80 Å². The van der Waals surface area contributed by atoms with Gasteiger partial charge in [0.25, 0.3) is 5.91 Å². The lowest BCUT2D eigenvalue weighted by Crippen LogP contribution is -2.54. The molecule has 1 aliphatic heterocycles. The Morgan fingerprint density at radius 3 is 2.00 bits per heavy atom. The SMILES string of the molecule is COc1ccc(OCC(=O)N2CCN(C3CCCCC3C)CC2)cc1.O=C(O)C(=O)O. The molecule has 0 bridgehead atoms. The van der Waals surface area contributed by atoms with Gasteiger partial charge >= 0.3 is 11.9 Å². The molecule has 2 atom stereocenters. The van der Waals surface area contributed by atoms with Gasteiger partial charge in [-0.25, -0.2) is 9.59 Å². The fourth-order valence-electron chi connectivity index (χ4n) is 4.05. The Labute approximate surface area is 182 Å². The number of rotatable bonds is 5. The maximum atomic E-state index is 12.4. The molecule has 9 heteroatoms. The van der Waals surface area contributed by atoms with E-state index in [4.69, 9.17) is 29.3 Å². The van der Waals surface area contributed by atoms with Gasteiger partial charge in [0.2, 0.25) is 0 Å². The second-order valence-corrected chi connectivity index (χ2v) is 7.82. The molecule has 1 saturated carbocycles. The van der Waals surface area contributed by atoms with E-state index >= 15 is 0 Å². The molecule has 0 aromatic heterocycles. The highest BCUT2D eigenvalue weighted by molar-refractivity contribution is 6.27.